The Morgan fingerprint density at radius 2 is 1.67 bits per heavy atom. The summed E-state index contributed by atoms with van der Waals surface area (Å²) in [5, 5.41) is 18.2. The van der Waals surface area contributed by atoms with Crippen LogP contribution in [0.2, 0.25) is 0 Å². The zero-order chi connectivity index (χ0) is 6.85. The molecule has 0 radical (unpaired) electrons. The number of carbonyl (C=O) groups excluding carboxylic acids is 1. The van der Waals surface area contributed by atoms with Crippen molar-refractivity contribution in [3.05, 3.63) is 0 Å². The summed E-state index contributed by atoms with van der Waals surface area (Å²) in [5.41, 5.74) is 0. The summed E-state index contributed by atoms with van der Waals surface area (Å²) in [6.45, 7) is 0.603. The molecule has 5 nitrogen and oxygen atoms in total. The van der Waals surface area contributed by atoms with Gasteiger partial charge in [0.05, 0.1) is 13.1 Å². The first-order valence-electron chi connectivity index (χ1n) is 2.68. The van der Waals surface area contributed by atoms with E-state index >= 15 is 0 Å². The molecule has 52 valence electrons. The topological polar surface area (TPSA) is 64.0 Å². The van der Waals surface area contributed by atoms with Crippen LogP contribution >= 0.6 is 0 Å². The van der Waals surface area contributed by atoms with Gasteiger partial charge in [-0.25, -0.2) is 14.9 Å². The molecule has 1 rings (SSSR count). The molecule has 0 aromatic carbocycles. The maximum Gasteiger partial charge on any atom is 0.367 e. The van der Waals surface area contributed by atoms with Crippen molar-refractivity contribution in [1.29, 1.82) is 0 Å². The number of amides is 2. The summed E-state index contributed by atoms with van der Waals surface area (Å²) in [5.74, 6) is 0. The van der Waals surface area contributed by atoms with Crippen LogP contribution in [-0.2, 0) is 0 Å². The van der Waals surface area contributed by atoms with Gasteiger partial charge in [-0.2, -0.15) is 0 Å². The quantitative estimate of drug-likeness (QED) is 0.452. The minimum atomic E-state index is -0.749. The van der Waals surface area contributed by atoms with Crippen molar-refractivity contribution in [2.75, 3.05) is 13.1 Å². The van der Waals surface area contributed by atoms with Gasteiger partial charge in [0.25, 0.3) is 0 Å². The number of rotatable bonds is 0. The van der Waals surface area contributed by atoms with Gasteiger partial charge in [0.1, 0.15) is 0 Å². The Balaban J connectivity index is 2.52. The molecule has 1 aliphatic rings. The maximum absolute atomic E-state index is 10.5. The van der Waals surface area contributed by atoms with Crippen LogP contribution in [0.15, 0.2) is 0 Å². The molecule has 1 saturated heterocycles. The van der Waals surface area contributed by atoms with Crippen LogP contribution in [0.4, 0.5) is 4.79 Å². The molecule has 0 aliphatic carbocycles. The summed E-state index contributed by atoms with van der Waals surface area (Å²) in [6, 6.07) is -0.749. The Morgan fingerprint density at radius 3 is 2.00 bits per heavy atom. The highest BCUT2D eigenvalue weighted by Crippen LogP contribution is 2.02. The maximum atomic E-state index is 10.5. The van der Waals surface area contributed by atoms with E-state index in [1.165, 1.54) is 0 Å². The van der Waals surface area contributed by atoms with Gasteiger partial charge in [0, 0.05) is 0 Å². The van der Waals surface area contributed by atoms with Gasteiger partial charge in [-0.15, -0.1) is 0 Å². The van der Waals surface area contributed by atoms with Crippen LogP contribution in [0.3, 0.4) is 0 Å². The standard InChI is InChI=1S/C4H8N2O3/c7-4-5(8)2-1-3-6(4)9/h8-9H,1-3H2. The highest BCUT2D eigenvalue weighted by Gasteiger charge is 2.22. The summed E-state index contributed by atoms with van der Waals surface area (Å²) >= 11 is 0. The molecule has 0 saturated carbocycles. The average molecular weight is 132 g/mol. The number of urea groups is 1. The van der Waals surface area contributed by atoms with E-state index in [4.69, 9.17) is 10.4 Å². The molecule has 1 fully saturated rings. The van der Waals surface area contributed by atoms with Gasteiger partial charge < -0.3 is 0 Å². The predicted molar refractivity (Wildman–Crippen MR) is 27.0 cm³/mol. The van der Waals surface area contributed by atoms with E-state index in [-0.39, 0.29) is 0 Å². The van der Waals surface area contributed by atoms with Crippen LogP contribution in [-0.4, -0.2) is 39.7 Å². The van der Waals surface area contributed by atoms with E-state index in [9.17, 15) is 4.79 Å². The second-order valence-electron chi connectivity index (χ2n) is 1.88. The highest BCUT2D eigenvalue weighted by atomic mass is 16.6. The lowest BCUT2D eigenvalue weighted by Gasteiger charge is -2.26. The Hall–Kier alpha value is -0.810. The number of hydrogen-bond donors (Lipinski definition) is 2. The van der Waals surface area contributed by atoms with Gasteiger partial charge in [-0.3, -0.25) is 10.4 Å². The largest absolute Gasteiger partial charge is 0.367 e. The molecule has 9 heavy (non-hydrogen) atoms. The number of hydroxylamine groups is 4. The summed E-state index contributed by atoms with van der Waals surface area (Å²) < 4.78 is 0. The van der Waals surface area contributed by atoms with Crippen molar-refractivity contribution in [2.24, 2.45) is 0 Å². The Bertz CT molecular complexity index is 115. The lowest BCUT2D eigenvalue weighted by atomic mass is 10.4. The molecular weight excluding hydrogens is 124 g/mol. The van der Waals surface area contributed by atoms with Gasteiger partial charge in [-0.05, 0) is 6.42 Å². The SMILES string of the molecule is O=C1N(O)CCCN1O. The molecule has 2 N–H and O–H groups in total. The van der Waals surface area contributed by atoms with E-state index in [1.807, 2.05) is 0 Å². The summed E-state index contributed by atoms with van der Waals surface area (Å²) in [6.07, 6.45) is 0.596. The molecule has 0 unspecified atom stereocenters. The second kappa shape index (κ2) is 2.20. The first kappa shape index (κ1) is 6.31. The van der Waals surface area contributed by atoms with Crippen LogP contribution in [0.5, 0.6) is 0 Å². The van der Waals surface area contributed by atoms with Crippen molar-refractivity contribution in [2.45, 2.75) is 6.42 Å². The molecule has 0 bridgehead atoms. The number of nitrogens with zero attached hydrogens (tertiary/aromatic N) is 2. The van der Waals surface area contributed by atoms with Crippen LogP contribution in [0.1, 0.15) is 6.42 Å². The fourth-order valence-corrected chi connectivity index (χ4v) is 0.695. The monoisotopic (exact) mass is 132 g/mol. The zero-order valence-corrected chi connectivity index (χ0v) is 4.82. The van der Waals surface area contributed by atoms with E-state index in [0.29, 0.717) is 29.6 Å². The third-order valence-electron chi connectivity index (χ3n) is 1.18. The first-order chi connectivity index (χ1) is 4.22. The fourth-order valence-electron chi connectivity index (χ4n) is 0.695. The molecular formula is C4H8N2O3. The van der Waals surface area contributed by atoms with Gasteiger partial charge in [0.2, 0.25) is 0 Å². The first-order valence-corrected chi connectivity index (χ1v) is 2.68. The van der Waals surface area contributed by atoms with Crippen LogP contribution < -0.4 is 0 Å². The molecule has 1 heterocycles. The minimum absolute atomic E-state index is 0.301. The molecule has 0 spiro atoms. The summed E-state index contributed by atoms with van der Waals surface area (Å²) in [4.78, 5) is 10.5. The fraction of sp³-hybridized carbons (Fsp3) is 0.750. The van der Waals surface area contributed by atoms with E-state index in [0.717, 1.165) is 0 Å². The molecule has 1 aliphatic heterocycles. The normalized spacial score (nSPS) is 20.9. The third-order valence-corrected chi connectivity index (χ3v) is 1.18. The molecule has 2 amide bonds. The Kier molecular flexibility index (Phi) is 1.54. The average Bonchev–Trinajstić information content (AvgIpc) is 1.83. The number of hydrogen-bond acceptors (Lipinski definition) is 3. The van der Waals surface area contributed by atoms with Crippen molar-refractivity contribution in [3.63, 3.8) is 0 Å². The Morgan fingerprint density at radius 1 is 1.22 bits per heavy atom. The predicted octanol–water partition coefficient (Wildman–Crippen LogP) is -0.107. The smallest absolute Gasteiger partial charge is 0.284 e. The van der Waals surface area contributed by atoms with Crippen LogP contribution in [0, 0.1) is 0 Å². The van der Waals surface area contributed by atoms with Gasteiger partial charge in [-0.1, -0.05) is 0 Å². The van der Waals surface area contributed by atoms with Crippen molar-refractivity contribution in [3.8, 4) is 0 Å². The van der Waals surface area contributed by atoms with Gasteiger partial charge in [0.15, 0.2) is 0 Å². The lowest BCUT2D eigenvalue weighted by molar-refractivity contribution is -0.140. The minimum Gasteiger partial charge on any atom is -0.284 e. The van der Waals surface area contributed by atoms with E-state index < -0.39 is 6.03 Å². The highest BCUT2D eigenvalue weighted by molar-refractivity contribution is 5.72. The lowest BCUT2D eigenvalue weighted by Crippen LogP contribution is -2.45. The molecule has 5 heteroatoms. The van der Waals surface area contributed by atoms with Crippen molar-refractivity contribution < 1.29 is 15.2 Å². The second-order valence-corrected chi connectivity index (χ2v) is 1.88. The zero-order valence-electron chi connectivity index (χ0n) is 4.82. The van der Waals surface area contributed by atoms with E-state index in [2.05, 4.69) is 0 Å². The number of carbonyl (C=O) groups is 1. The summed E-state index contributed by atoms with van der Waals surface area (Å²) in [7, 11) is 0. The third kappa shape index (κ3) is 1.11. The van der Waals surface area contributed by atoms with Crippen LogP contribution in [0.25, 0.3) is 0 Å². The molecule has 0 atom stereocenters. The van der Waals surface area contributed by atoms with E-state index in [1.54, 1.807) is 0 Å². The van der Waals surface area contributed by atoms with Crippen molar-refractivity contribution in [1.82, 2.24) is 10.1 Å². The van der Waals surface area contributed by atoms with Crippen molar-refractivity contribution >= 4 is 6.03 Å². The van der Waals surface area contributed by atoms with Gasteiger partial charge >= 0.3 is 6.03 Å². The molecule has 0 aromatic rings. The Labute approximate surface area is 52.0 Å². The molecule has 0 aromatic heterocycles.